The first kappa shape index (κ1) is 17.4. The Kier molecular flexibility index (Phi) is 4.76. The van der Waals surface area contributed by atoms with E-state index in [0.29, 0.717) is 6.54 Å². The highest BCUT2D eigenvalue weighted by Crippen LogP contribution is 2.32. The first-order valence-corrected chi connectivity index (χ1v) is 8.24. The molecule has 9 heteroatoms. The molecule has 0 unspecified atom stereocenters. The fourth-order valence-electron chi connectivity index (χ4n) is 2.26. The van der Waals surface area contributed by atoms with Crippen molar-refractivity contribution in [3.05, 3.63) is 40.7 Å². The van der Waals surface area contributed by atoms with Crippen LogP contribution in [0.25, 0.3) is 10.2 Å². The summed E-state index contributed by atoms with van der Waals surface area (Å²) in [6.07, 6.45) is -1.40. The van der Waals surface area contributed by atoms with Crippen LogP contribution in [0.5, 0.6) is 5.88 Å². The highest BCUT2D eigenvalue weighted by molar-refractivity contribution is 7.18. The summed E-state index contributed by atoms with van der Waals surface area (Å²) in [4.78, 5) is 14.6. The Balaban J connectivity index is 1.68. The molecule has 3 heterocycles. The molecule has 1 N–H and O–H groups in total. The monoisotopic (exact) mass is 368 g/mol. The normalized spacial score (nSPS) is 11.7. The molecular weight excluding hydrogens is 353 g/mol. The van der Waals surface area contributed by atoms with Gasteiger partial charge in [0.2, 0.25) is 5.88 Å². The van der Waals surface area contributed by atoms with E-state index in [2.05, 4.69) is 25.0 Å². The van der Waals surface area contributed by atoms with Crippen LogP contribution < -0.4 is 10.1 Å². The van der Waals surface area contributed by atoms with Crippen molar-refractivity contribution in [2.24, 2.45) is 0 Å². The molecule has 0 aliphatic carbocycles. The quantitative estimate of drug-likeness (QED) is 0.729. The lowest BCUT2D eigenvalue weighted by Crippen LogP contribution is -2.19. The number of nitrogens with one attached hydrogen (secondary N) is 1. The maximum Gasteiger partial charge on any atom is 0.422 e. The maximum absolute atomic E-state index is 12.1. The van der Waals surface area contributed by atoms with Crippen molar-refractivity contribution in [3.63, 3.8) is 0 Å². The minimum absolute atomic E-state index is 0.0604. The predicted octanol–water partition coefficient (Wildman–Crippen LogP) is 4.26. The van der Waals surface area contributed by atoms with Crippen LogP contribution in [0.3, 0.4) is 0 Å². The van der Waals surface area contributed by atoms with Gasteiger partial charge < -0.3 is 10.1 Å². The van der Waals surface area contributed by atoms with E-state index in [1.54, 1.807) is 17.4 Å². The van der Waals surface area contributed by atoms with Gasteiger partial charge in [0.15, 0.2) is 6.61 Å². The standard InChI is InChI=1S/C16H15F3N4OS/c1-9-10(2)25-15-13(9)14(22-8-23-15)21-6-11-3-4-12(20-5-11)24-7-16(17,18)19/h3-5,8H,6-7H2,1-2H3,(H,21,22,23). The molecular formula is C16H15F3N4OS. The van der Waals surface area contributed by atoms with Gasteiger partial charge in [0.05, 0.1) is 5.39 Å². The van der Waals surface area contributed by atoms with Gasteiger partial charge in [-0.3, -0.25) is 0 Å². The summed E-state index contributed by atoms with van der Waals surface area (Å²) < 4.78 is 40.9. The lowest BCUT2D eigenvalue weighted by molar-refractivity contribution is -0.154. The molecule has 3 aromatic rings. The van der Waals surface area contributed by atoms with Gasteiger partial charge in [0, 0.05) is 23.7 Å². The predicted molar refractivity (Wildman–Crippen MR) is 90.0 cm³/mol. The van der Waals surface area contributed by atoms with E-state index < -0.39 is 12.8 Å². The molecule has 3 aromatic heterocycles. The van der Waals surface area contributed by atoms with Crippen LogP contribution >= 0.6 is 11.3 Å². The van der Waals surface area contributed by atoms with Crippen LogP contribution in [-0.2, 0) is 6.54 Å². The minimum atomic E-state index is -4.38. The molecule has 0 aliphatic rings. The van der Waals surface area contributed by atoms with Crippen molar-refractivity contribution < 1.29 is 17.9 Å². The third-order valence-corrected chi connectivity index (χ3v) is 4.72. The van der Waals surface area contributed by atoms with E-state index in [1.807, 2.05) is 13.8 Å². The van der Waals surface area contributed by atoms with Crippen LogP contribution in [0.1, 0.15) is 16.0 Å². The smallest absolute Gasteiger partial charge is 0.422 e. The van der Waals surface area contributed by atoms with E-state index in [4.69, 9.17) is 0 Å². The number of pyridine rings is 1. The number of hydrogen-bond acceptors (Lipinski definition) is 6. The van der Waals surface area contributed by atoms with Crippen LogP contribution in [0, 0.1) is 13.8 Å². The first-order chi connectivity index (χ1) is 11.8. The number of aromatic nitrogens is 3. The van der Waals surface area contributed by atoms with Gasteiger partial charge in [-0.05, 0) is 25.0 Å². The Bertz CT molecular complexity index is 877. The van der Waals surface area contributed by atoms with Gasteiger partial charge >= 0.3 is 6.18 Å². The van der Waals surface area contributed by atoms with Crippen molar-refractivity contribution in [2.45, 2.75) is 26.6 Å². The first-order valence-electron chi connectivity index (χ1n) is 7.42. The molecule has 0 amide bonds. The third-order valence-electron chi connectivity index (χ3n) is 3.61. The third kappa shape index (κ3) is 4.16. The van der Waals surface area contributed by atoms with E-state index in [1.165, 1.54) is 23.5 Å². The van der Waals surface area contributed by atoms with Crippen LogP contribution in [0.15, 0.2) is 24.7 Å². The molecule has 0 radical (unpaired) electrons. The SMILES string of the molecule is Cc1sc2ncnc(NCc3ccc(OCC(F)(F)F)nc3)c2c1C. The average Bonchev–Trinajstić information content (AvgIpc) is 2.86. The number of anilines is 1. The molecule has 0 bridgehead atoms. The highest BCUT2D eigenvalue weighted by atomic mass is 32.1. The zero-order chi connectivity index (χ0) is 18.0. The Morgan fingerprint density at radius 2 is 1.96 bits per heavy atom. The van der Waals surface area contributed by atoms with Crippen LogP contribution in [-0.4, -0.2) is 27.7 Å². The maximum atomic E-state index is 12.1. The fraction of sp³-hybridized carbons (Fsp3) is 0.312. The summed E-state index contributed by atoms with van der Waals surface area (Å²) in [7, 11) is 0. The van der Waals surface area contributed by atoms with Crippen molar-refractivity contribution in [1.82, 2.24) is 15.0 Å². The Morgan fingerprint density at radius 1 is 1.16 bits per heavy atom. The van der Waals surface area contributed by atoms with Gasteiger partial charge in [-0.2, -0.15) is 13.2 Å². The molecule has 0 saturated carbocycles. The summed E-state index contributed by atoms with van der Waals surface area (Å²) in [6, 6.07) is 3.08. The van der Waals surface area contributed by atoms with Crippen molar-refractivity contribution in [3.8, 4) is 5.88 Å². The largest absolute Gasteiger partial charge is 0.468 e. The van der Waals surface area contributed by atoms with E-state index in [9.17, 15) is 13.2 Å². The zero-order valence-corrected chi connectivity index (χ0v) is 14.3. The van der Waals surface area contributed by atoms with Gasteiger partial charge in [0.1, 0.15) is 17.0 Å². The number of hydrogen-bond donors (Lipinski definition) is 1. The molecule has 0 spiro atoms. The molecule has 0 aliphatic heterocycles. The van der Waals surface area contributed by atoms with Gasteiger partial charge in [-0.25, -0.2) is 15.0 Å². The van der Waals surface area contributed by atoms with Gasteiger partial charge in [-0.1, -0.05) is 6.07 Å². The van der Waals surface area contributed by atoms with Crippen LogP contribution in [0.2, 0.25) is 0 Å². The van der Waals surface area contributed by atoms with E-state index in [-0.39, 0.29) is 5.88 Å². The Labute approximate surface area is 145 Å². The lowest BCUT2D eigenvalue weighted by atomic mass is 10.2. The molecule has 132 valence electrons. The molecule has 25 heavy (non-hydrogen) atoms. The summed E-state index contributed by atoms with van der Waals surface area (Å²) in [5.74, 6) is 0.666. The topological polar surface area (TPSA) is 59.9 Å². The Morgan fingerprint density at radius 3 is 2.64 bits per heavy atom. The summed E-state index contributed by atoms with van der Waals surface area (Å²) in [5, 5.41) is 4.22. The molecule has 0 atom stereocenters. The number of nitrogens with zero attached hydrogens (tertiary/aromatic N) is 3. The van der Waals surface area contributed by atoms with E-state index in [0.717, 1.165) is 27.2 Å². The summed E-state index contributed by atoms with van der Waals surface area (Å²) >= 11 is 1.61. The fourth-order valence-corrected chi connectivity index (χ4v) is 3.26. The van der Waals surface area contributed by atoms with E-state index >= 15 is 0 Å². The number of rotatable bonds is 5. The highest BCUT2D eigenvalue weighted by Gasteiger charge is 2.28. The van der Waals surface area contributed by atoms with Gasteiger partial charge in [-0.15, -0.1) is 11.3 Å². The second kappa shape index (κ2) is 6.83. The average molecular weight is 368 g/mol. The number of thiophene rings is 1. The van der Waals surface area contributed by atoms with Crippen molar-refractivity contribution in [2.75, 3.05) is 11.9 Å². The van der Waals surface area contributed by atoms with Crippen molar-refractivity contribution >= 4 is 27.4 Å². The second-order valence-electron chi connectivity index (χ2n) is 5.45. The molecule has 0 fully saturated rings. The minimum Gasteiger partial charge on any atom is -0.468 e. The zero-order valence-electron chi connectivity index (χ0n) is 13.5. The summed E-state index contributed by atoms with van der Waals surface area (Å²) in [5.41, 5.74) is 1.94. The second-order valence-corrected chi connectivity index (χ2v) is 6.65. The number of fused-ring (bicyclic) bond motifs is 1. The Hall–Kier alpha value is -2.42. The lowest BCUT2D eigenvalue weighted by Gasteiger charge is -2.10. The summed E-state index contributed by atoms with van der Waals surface area (Å²) in [6.45, 7) is 3.15. The number of halogens is 3. The molecule has 0 aromatic carbocycles. The number of aryl methyl sites for hydroxylation is 2. The molecule has 5 nitrogen and oxygen atoms in total. The van der Waals surface area contributed by atoms with Crippen molar-refractivity contribution in [1.29, 1.82) is 0 Å². The molecule has 3 rings (SSSR count). The van der Waals surface area contributed by atoms with Gasteiger partial charge in [0.25, 0.3) is 0 Å². The van der Waals surface area contributed by atoms with Crippen LogP contribution in [0.4, 0.5) is 19.0 Å². The number of ether oxygens (including phenoxy) is 1. The number of alkyl halides is 3. The molecule has 0 saturated heterocycles.